The van der Waals surface area contributed by atoms with Gasteiger partial charge in [0.05, 0.1) is 34.8 Å². The van der Waals surface area contributed by atoms with E-state index in [4.69, 9.17) is 16.3 Å². The molecule has 0 unspecified atom stereocenters. The lowest BCUT2D eigenvalue weighted by molar-refractivity contribution is 0.106. The van der Waals surface area contributed by atoms with Crippen LogP contribution in [0.4, 0.5) is 23.1 Å². The SMILES string of the molecule is COc1cc(P2(=O)CCC(N3CCN(C)CC3)CC2)ccc1Nc1ncc(Cl)c(Nc2ccccc2S(=O)(=O)C(C)C)n1. The highest BCUT2D eigenvalue weighted by atomic mass is 35.5. The van der Waals surface area contributed by atoms with Crippen LogP contribution in [0.2, 0.25) is 5.02 Å². The van der Waals surface area contributed by atoms with Gasteiger partial charge in [0.15, 0.2) is 15.7 Å². The zero-order chi connectivity index (χ0) is 30.8. The van der Waals surface area contributed by atoms with Crippen LogP contribution >= 0.6 is 18.7 Å². The molecule has 13 heteroatoms. The van der Waals surface area contributed by atoms with Crippen LogP contribution in [-0.4, -0.2) is 92.1 Å². The summed E-state index contributed by atoms with van der Waals surface area (Å²) in [6, 6.07) is 12.8. The molecule has 2 aromatic carbocycles. The summed E-state index contributed by atoms with van der Waals surface area (Å²) in [5.74, 6) is 1.03. The molecule has 2 aliphatic heterocycles. The fourth-order valence-electron chi connectivity index (χ4n) is 5.65. The third-order valence-corrected chi connectivity index (χ3v) is 14.1. The molecule has 3 heterocycles. The molecule has 1 aromatic heterocycles. The van der Waals surface area contributed by atoms with E-state index in [2.05, 4.69) is 37.4 Å². The topological polar surface area (TPSA) is 117 Å². The van der Waals surface area contributed by atoms with Gasteiger partial charge in [-0.2, -0.15) is 4.98 Å². The van der Waals surface area contributed by atoms with Crippen molar-refractivity contribution in [3.8, 4) is 5.75 Å². The highest BCUT2D eigenvalue weighted by molar-refractivity contribution is 7.92. The minimum absolute atomic E-state index is 0.166. The molecule has 0 atom stereocenters. The average Bonchev–Trinajstić information content (AvgIpc) is 3.00. The van der Waals surface area contributed by atoms with Crippen LogP contribution in [0.3, 0.4) is 0 Å². The number of hydrogen-bond donors (Lipinski definition) is 2. The summed E-state index contributed by atoms with van der Waals surface area (Å²) in [4.78, 5) is 13.9. The summed E-state index contributed by atoms with van der Waals surface area (Å²) >= 11 is 6.40. The largest absolute Gasteiger partial charge is 0.495 e. The molecule has 2 N–H and O–H groups in total. The van der Waals surface area contributed by atoms with Crippen molar-refractivity contribution in [1.29, 1.82) is 0 Å². The summed E-state index contributed by atoms with van der Waals surface area (Å²) in [5.41, 5.74) is 0.984. The van der Waals surface area contributed by atoms with Crippen molar-refractivity contribution in [3.63, 3.8) is 0 Å². The Labute approximate surface area is 259 Å². The van der Waals surface area contributed by atoms with E-state index in [1.165, 1.54) is 6.20 Å². The lowest BCUT2D eigenvalue weighted by Crippen LogP contribution is -2.50. The predicted octanol–water partition coefficient (Wildman–Crippen LogP) is 5.21. The van der Waals surface area contributed by atoms with Gasteiger partial charge in [-0.25, -0.2) is 13.4 Å². The molecular weight excluding hydrogens is 607 g/mol. The van der Waals surface area contributed by atoms with E-state index in [1.54, 1.807) is 45.2 Å². The van der Waals surface area contributed by atoms with Gasteiger partial charge < -0.3 is 24.8 Å². The zero-order valence-electron chi connectivity index (χ0n) is 25.1. The molecule has 2 fully saturated rings. The number of halogens is 1. The number of hydrogen-bond acceptors (Lipinski definition) is 10. The molecule has 0 aliphatic carbocycles. The third-order valence-electron chi connectivity index (χ3n) is 8.41. The van der Waals surface area contributed by atoms with Crippen molar-refractivity contribution in [2.24, 2.45) is 0 Å². The van der Waals surface area contributed by atoms with Gasteiger partial charge in [-0.1, -0.05) is 23.7 Å². The van der Waals surface area contributed by atoms with Crippen molar-refractivity contribution in [2.45, 2.75) is 42.9 Å². The van der Waals surface area contributed by atoms with E-state index in [0.29, 0.717) is 35.5 Å². The second-order valence-electron chi connectivity index (χ2n) is 11.5. The summed E-state index contributed by atoms with van der Waals surface area (Å²) in [7, 11) is -2.35. The second kappa shape index (κ2) is 13.1. The molecule has 0 saturated carbocycles. The molecule has 2 aliphatic rings. The fourth-order valence-corrected chi connectivity index (χ4v) is 9.86. The Balaban J connectivity index is 1.32. The minimum Gasteiger partial charge on any atom is -0.495 e. The maximum absolute atomic E-state index is 14.1. The second-order valence-corrected chi connectivity index (χ2v) is 17.6. The van der Waals surface area contributed by atoms with Crippen molar-refractivity contribution in [3.05, 3.63) is 53.7 Å². The number of sulfone groups is 1. The first-order valence-electron chi connectivity index (χ1n) is 14.6. The van der Waals surface area contributed by atoms with Crippen LogP contribution in [0, 0.1) is 0 Å². The maximum atomic E-state index is 14.1. The number of piperazine rings is 1. The molecule has 2 saturated heterocycles. The van der Waals surface area contributed by atoms with Crippen molar-refractivity contribution in [2.75, 3.05) is 63.3 Å². The number of anilines is 4. The number of nitrogens with one attached hydrogen (secondary N) is 2. The highest BCUT2D eigenvalue weighted by Crippen LogP contribution is 2.51. The van der Waals surface area contributed by atoms with Crippen LogP contribution < -0.4 is 20.7 Å². The van der Waals surface area contributed by atoms with Gasteiger partial charge >= 0.3 is 0 Å². The molecule has 0 amide bonds. The highest BCUT2D eigenvalue weighted by Gasteiger charge is 2.35. The summed E-state index contributed by atoms with van der Waals surface area (Å²) < 4.78 is 45.6. The molecule has 43 heavy (non-hydrogen) atoms. The number of aromatic nitrogens is 2. The molecule has 232 valence electrons. The van der Waals surface area contributed by atoms with Gasteiger partial charge in [0.2, 0.25) is 5.95 Å². The Morgan fingerprint density at radius 3 is 2.40 bits per heavy atom. The molecule has 10 nitrogen and oxygen atoms in total. The Kier molecular flexibility index (Phi) is 9.68. The Hall–Kier alpha value is -2.69. The number of methoxy groups -OCH3 is 1. The number of nitrogens with zero attached hydrogens (tertiary/aromatic N) is 4. The Morgan fingerprint density at radius 2 is 1.72 bits per heavy atom. The predicted molar refractivity (Wildman–Crippen MR) is 174 cm³/mol. The normalized spacial score (nSPS) is 22.0. The minimum atomic E-state index is -3.55. The number of para-hydroxylation sites is 1. The van der Waals surface area contributed by atoms with Crippen LogP contribution in [0.1, 0.15) is 26.7 Å². The molecule has 3 aromatic rings. The van der Waals surface area contributed by atoms with E-state index in [0.717, 1.165) is 44.3 Å². The van der Waals surface area contributed by atoms with E-state index in [9.17, 15) is 13.0 Å². The van der Waals surface area contributed by atoms with Gasteiger partial charge in [-0.3, -0.25) is 4.90 Å². The van der Waals surface area contributed by atoms with Crippen LogP contribution in [-0.2, 0) is 14.4 Å². The van der Waals surface area contributed by atoms with E-state index in [-0.39, 0.29) is 21.7 Å². The van der Waals surface area contributed by atoms with Crippen LogP contribution in [0.5, 0.6) is 5.75 Å². The smallest absolute Gasteiger partial charge is 0.229 e. The van der Waals surface area contributed by atoms with Gasteiger partial charge in [-0.05, 0) is 64.1 Å². The van der Waals surface area contributed by atoms with Gasteiger partial charge in [-0.15, -0.1) is 0 Å². The molecule has 0 spiro atoms. The fraction of sp³-hybridized carbons (Fsp3) is 0.467. The van der Waals surface area contributed by atoms with Crippen LogP contribution in [0.25, 0.3) is 0 Å². The standard InChI is InChI=1S/C30H40ClN6O4PS/c1-21(2)43(39,40)28-8-6-5-7-26(28)33-29-24(31)20-32-30(35-29)34-25-10-9-23(19-27(25)41-4)42(38)17-11-22(12-18-42)37-15-13-36(3)14-16-37/h5-10,19-22H,11-18H2,1-4H3,(H2,32,33,34,35). The van der Waals surface area contributed by atoms with Gasteiger partial charge in [0, 0.05) is 49.8 Å². The van der Waals surface area contributed by atoms with Crippen molar-refractivity contribution >= 4 is 57.0 Å². The lowest BCUT2D eigenvalue weighted by atomic mass is 10.1. The van der Waals surface area contributed by atoms with Gasteiger partial charge in [0.25, 0.3) is 0 Å². The third kappa shape index (κ3) is 7.02. The lowest BCUT2D eigenvalue weighted by Gasteiger charge is -2.41. The van der Waals surface area contributed by atoms with Gasteiger partial charge in [0.1, 0.15) is 17.9 Å². The van der Waals surface area contributed by atoms with E-state index < -0.39 is 22.2 Å². The van der Waals surface area contributed by atoms with Crippen molar-refractivity contribution < 1.29 is 17.7 Å². The number of likely N-dealkylation sites (N-methyl/N-ethyl adjacent to an activating group) is 1. The first-order chi connectivity index (χ1) is 20.5. The molecule has 0 radical (unpaired) electrons. The number of ether oxygens (including phenoxy) is 1. The molecular formula is C30H40ClN6O4PS. The van der Waals surface area contributed by atoms with Crippen LogP contribution in [0.15, 0.2) is 53.6 Å². The first-order valence-corrected chi connectivity index (χ1v) is 18.6. The maximum Gasteiger partial charge on any atom is 0.229 e. The molecule has 5 rings (SSSR count). The van der Waals surface area contributed by atoms with E-state index in [1.807, 2.05) is 18.2 Å². The number of rotatable bonds is 9. The zero-order valence-corrected chi connectivity index (χ0v) is 27.6. The van der Waals surface area contributed by atoms with E-state index >= 15 is 0 Å². The average molecular weight is 647 g/mol. The Bertz CT molecular complexity index is 1600. The first kappa shape index (κ1) is 31.7. The Morgan fingerprint density at radius 1 is 1.02 bits per heavy atom. The summed E-state index contributed by atoms with van der Waals surface area (Å²) in [6.07, 6.45) is 4.72. The summed E-state index contributed by atoms with van der Waals surface area (Å²) in [6.45, 7) is 7.60. The molecule has 0 bridgehead atoms. The van der Waals surface area contributed by atoms with Crippen molar-refractivity contribution in [1.82, 2.24) is 19.8 Å². The monoisotopic (exact) mass is 646 g/mol. The quantitative estimate of drug-likeness (QED) is 0.300. The summed E-state index contributed by atoms with van der Waals surface area (Å²) in [5, 5.41) is 6.71. The number of benzene rings is 2.